The second kappa shape index (κ2) is 11.4. The first kappa shape index (κ1) is 21.8. The van der Waals surface area contributed by atoms with Gasteiger partial charge in [-0.25, -0.2) is 4.79 Å². The molecule has 3 rings (SSSR count). The predicted molar refractivity (Wildman–Crippen MR) is 115 cm³/mol. The van der Waals surface area contributed by atoms with Gasteiger partial charge in [0.1, 0.15) is 12.6 Å². The summed E-state index contributed by atoms with van der Waals surface area (Å²) in [6.45, 7) is 4.10. The maximum Gasteiger partial charge on any atom is 0.408 e. The van der Waals surface area contributed by atoms with Crippen molar-refractivity contribution in [1.29, 1.82) is 0 Å². The Labute approximate surface area is 178 Å². The fourth-order valence-electron chi connectivity index (χ4n) is 3.66. The number of ether oxygens (including phenoxy) is 2. The molecule has 0 radical (unpaired) electrons. The molecule has 1 atom stereocenters. The minimum absolute atomic E-state index is 0.0783. The van der Waals surface area contributed by atoms with Crippen molar-refractivity contribution in [3.63, 3.8) is 0 Å². The molecule has 0 saturated carbocycles. The number of piperidine rings is 1. The van der Waals surface area contributed by atoms with Crippen LogP contribution >= 0.6 is 0 Å². The number of alkyl carbamates (subject to hydrolysis) is 1. The van der Waals surface area contributed by atoms with Gasteiger partial charge in [0.2, 0.25) is 5.91 Å². The number of likely N-dealkylation sites (tertiary alicyclic amines) is 1. The molecule has 30 heavy (non-hydrogen) atoms. The van der Waals surface area contributed by atoms with Crippen molar-refractivity contribution in [3.8, 4) is 0 Å². The standard InChI is InChI=1S/C24H30N2O4/c1-2-29-21-13-15-26(16-14-21)23(27)22(17-19-9-5-3-6-10-19)25-24(28)30-18-20-11-7-4-8-12-20/h3-12,21-22H,2,13-18H2,1H3,(H,25,28). The van der Waals surface area contributed by atoms with Crippen LogP contribution in [0.4, 0.5) is 4.79 Å². The first-order valence-electron chi connectivity index (χ1n) is 10.6. The summed E-state index contributed by atoms with van der Waals surface area (Å²) in [4.78, 5) is 27.4. The van der Waals surface area contributed by atoms with E-state index in [0.717, 1.165) is 24.0 Å². The van der Waals surface area contributed by atoms with Crippen LogP contribution in [0.15, 0.2) is 60.7 Å². The lowest BCUT2D eigenvalue weighted by atomic mass is 10.0. The number of amides is 2. The third kappa shape index (κ3) is 6.59. The first-order valence-corrected chi connectivity index (χ1v) is 10.6. The van der Waals surface area contributed by atoms with Gasteiger partial charge in [-0.2, -0.15) is 0 Å². The Morgan fingerprint density at radius 1 is 1.00 bits per heavy atom. The van der Waals surface area contributed by atoms with Crippen LogP contribution < -0.4 is 5.32 Å². The van der Waals surface area contributed by atoms with Crippen LogP contribution in [0.1, 0.15) is 30.9 Å². The molecular weight excluding hydrogens is 380 g/mol. The van der Waals surface area contributed by atoms with E-state index in [1.54, 1.807) is 0 Å². The summed E-state index contributed by atoms with van der Waals surface area (Å²) in [5.41, 5.74) is 1.89. The highest BCUT2D eigenvalue weighted by Gasteiger charge is 2.30. The minimum Gasteiger partial charge on any atom is -0.445 e. The number of carbonyl (C=O) groups excluding carboxylic acids is 2. The van der Waals surface area contributed by atoms with Gasteiger partial charge < -0.3 is 19.7 Å². The molecule has 0 bridgehead atoms. The van der Waals surface area contributed by atoms with Crippen molar-refractivity contribution in [1.82, 2.24) is 10.2 Å². The normalized spacial score (nSPS) is 15.4. The topological polar surface area (TPSA) is 67.9 Å². The lowest BCUT2D eigenvalue weighted by molar-refractivity contribution is -0.136. The average molecular weight is 411 g/mol. The van der Waals surface area contributed by atoms with Gasteiger partial charge in [0.15, 0.2) is 0 Å². The summed E-state index contributed by atoms with van der Waals surface area (Å²) in [6, 6.07) is 18.5. The number of hydrogen-bond donors (Lipinski definition) is 1. The van der Waals surface area contributed by atoms with Crippen molar-refractivity contribution in [2.24, 2.45) is 0 Å². The summed E-state index contributed by atoms with van der Waals surface area (Å²) in [6.07, 6.45) is 1.67. The van der Waals surface area contributed by atoms with Gasteiger partial charge in [-0.05, 0) is 30.9 Å². The summed E-state index contributed by atoms with van der Waals surface area (Å²) in [7, 11) is 0. The molecule has 2 aromatic rings. The van der Waals surface area contributed by atoms with Gasteiger partial charge in [-0.15, -0.1) is 0 Å². The van der Waals surface area contributed by atoms with E-state index in [-0.39, 0.29) is 18.6 Å². The molecular formula is C24H30N2O4. The number of hydrogen-bond acceptors (Lipinski definition) is 4. The van der Waals surface area contributed by atoms with E-state index >= 15 is 0 Å². The van der Waals surface area contributed by atoms with Crippen LogP contribution in [0.25, 0.3) is 0 Å². The molecule has 6 heteroatoms. The molecule has 0 spiro atoms. The maximum absolute atomic E-state index is 13.2. The molecule has 1 heterocycles. The van der Waals surface area contributed by atoms with E-state index in [9.17, 15) is 9.59 Å². The highest BCUT2D eigenvalue weighted by atomic mass is 16.5. The number of nitrogens with one attached hydrogen (secondary N) is 1. The molecule has 2 amide bonds. The monoisotopic (exact) mass is 410 g/mol. The zero-order valence-electron chi connectivity index (χ0n) is 17.5. The predicted octanol–water partition coefficient (Wildman–Crippen LogP) is 3.55. The molecule has 0 aliphatic carbocycles. The van der Waals surface area contributed by atoms with E-state index in [4.69, 9.17) is 9.47 Å². The lowest BCUT2D eigenvalue weighted by Crippen LogP contribution is -2.52. The molecule has 1 unspecified atom stereocenters. The van der Waals surface area contributed by atoms with Crippen LogP contribution in [0.2, 0.25) is 0 Å². The van der Waals surface area contributed by atoms with E-state index < -0.39 is 12.1 Å². The largest absolute Gasteiger partial charge is 0.445 e. The number of rotatable bonds is 8. The van der Waals surface area contributed by atoms with Gasteiger partial charge in [0, 0.05) is 26.1 Å². The van der Waals surface area contributed by atoms with Crippen LogP contribution in [-0.2, 0) is 27.3 Å². The van der Waals surface area contributed by atoms with Gasteiger partial charge in [-0.1, -0.05) is 60.7 Å². The third-order valence-electron chi connectivity index (χ3n) is 5.24. The minimum atomic E-state index is -0.667. The molecule has 1 aliphatic heterocycles. The molecule has 2 aromatic carbocycles. The van der Waals surface area contributed by atoms with Crippen LogP contribution in [0.5, 0.6) is 0 Å². The number of benzene rings is 2. The molecule has 0 aromatic heterocycles. The van der Waals surface area contributed by atoms with E-state index in [0.29, 0.717) is 26.1 Å². The summed E-state index contributed by atoms with van der Waals surface area (Å²) < 4.78 is 11.0. The summed E-state index contributed by atoms with van der Waals surface area (Å²) >= 11 is 0. The number of nitrogens with zero attached hydrogens (tertiary/aromatic N) is 1. The first-order chi connectivity index (χ1) is 14.7. The van der Waals surface area contributed by atoms with Gasteiger partial charge >= 0.3 is 6.09 Å². The Morgan fingerprint density at radius 2 is 1.60 bits per heavy atom. The van der Waals surface area contributed by atoms with Gasteiger partial charge in [-0.3, -0.25) is 4.79 Å². The summed E-state index contributed by atoms with van der Waals surface area (Å²) in [5, 5.41) is 2.79. The summed E-state index contributed by atoms with van der Waals surface area (Å²) in [5.74, 6) is -0.0783. The molecule has 160 valence electrons. The van der Waals surface area contributed by atoms with Crippen LogP contribution in [-0.4, -0.2) is 48.7 Å². The zero-order valence-corrected chi connectivity index (χ0v) is 17.5. The molecule has 1 N–H and O–H groups in total. The van der Waals surface area contributed by atoms with Crippen LogP contribution in [0.3, 0.4) is 0 Å². The highest BCUT2D eigenvalue weighted by Crippen LogP contribution is 2.16. The van der Waals surface area contributed by atoms with Crippen molar-refractivity contribution in [2.75, 3.05) is 19.7 Å². The Bertz CT molecular complexity index is 789. The third-order valence-corrected chi connectivity index (χ3v) is 5.24. The van der Waals surface area contributed by atoms with Crippen molar-refractivity contribution in [3.05, 3.63) is 71.8 Å². The van der Waals surface area contributed by atoms with Crippen LogP contribution in [0, 0.1) is 0 Å². The average Bonchev–Trinajstić information content (AvgIpc) is 2.79. The quantitative estimate of drug-likeness (QED) is 0.723. The molecule has 1 aliphatic rings. The Balaban J connectivity index is 1.61. The highest BCUT2D eigenvalue weighted by molar-refractivity contribution is 5.86. The second-order valence-electron chi connectivity index (χ2n) is 7.43. The molecule has 6 nitrogen and oxygen atoms in total. The molecule has 1 saturated heterocycles. The van der Waals surface area contributed by atoms with Gasteiger partial charge in [0.05, 0.1) is 6.10 Å². The Kier molecular flexibility index (Phi) is 8.27. The number of carbonyl (C=O) groups is 2. The van der Waals surface area contributed by atoms with E-state index in [2.05, 4.69) is 5.32 Å². The van der Waals surface area contributed by atoms with Crippen molar-refractivity contribution < 1.29 is 19.1 Å². The smallest absolute Gasteiger partial charge is 0.408 e. The van der Waals surface area contributed by atoms with E-state index in [1.807, 2.05) is 72.5 Å². The van der Waals surface area contributed by atoms with E-state index in [1.165, 1.54) is 0 Å². The van der Waals surface area contributed by atoms with Crippen molar-refractivity contribution >= 4 is 12.0 Å². The fraction of sp³-hybridized carbons (Fsp3) is 0.417. The maximum atomic E-state index is 13.2. The molecule has 1 fully saturated rings. The SMILES string of the molecule is CCOC1CCN(C(=O)C(Cc2ccccc2)NC(=O)OCc2ccccc2)CC1. The fourth-order valence-corrected chi connectivity index (χ4v) is 3.66. The second-order valence-corrected chi connectivity index (χ2v) is 7.43. The van der Waals surface area contributed by atoms with Crippen molar-refractivity contribution in [2.45, 2.75) is 44.9 Å². The Morgan fingerprint density at radius 3 is 2.20 bits per heavy atom. The lowest BCUT2D eigenvalue weighted by Gasteiger charge is -2.34. The zero-order chi connectivity index (χ0) is 21.2. The van der Waals surface area contributed by atoms with Gasteiger partial charge in [0.25, 0.3) is 0 Å². The Hall–Kier alpha value is -2.86.